The topological polar surface area (TPSA) is 30.0 Å². The number of fused-ring (bicyclic) bond motifs is 1. The maximum absolute atomic E-state index is 11.9. The standard InChI is InChI=1S/C16H17NO/c1-16(2)13-10-14(16)15(18)9-12(13)4-3-11-5-7-17-8-6-11/h3-9,13-14H,10H2,1-2H3/b4-3+/t13-,14+/m1/s1. The molecular weight excluding hydrogens is 222 g/mol. The minimum Gasteiger partial charge on any atom is -0.295 e. The quantitative estimate of drug-likeness (QED) is 0.792. The third-order valence-electron chi connectivity index (χ3n) is 4.50. The van der Waals surface area contributed by atoms with Crippen LogP contribution in [-0.4, -0.2) is 10.8 Å². The number of carbonyl (C=O) groups excluding carboxylic acids is 1. The molecule has 2 nitrogen and oxygen atoms in total. The van der Waals surface area contributed by atoms with E-state index in [1.54, 1.807) is 12.4 Å². The lowest BCUT2D eigenvalue weighted by atomic mass is 9.48. The molecule has 2 heteroatoms. The van der Waals surface area contributed by atoms with E-state index in [4.69, 9.17) is 0 Å². The summed E-state index contributed by atoms with van der Waals surface area (Å²) in [6, 6.07) is 3.94. The fourth-order valence-electron chi connectivity index (χ4n) is 3.17. The Balaban J connectivity index is 1.86. The molecule has 1 aromatic heterocycles. The molecular formula is C16H17NO. The second kappa shape index (κ2) is 3.91. The van der Waals surface area contributed by atoms with Crippen LogP contribution in [0.25, 0.3) is 6.08 Å². The summed E-state index contributed by atoms with van der Waals surface area (Å²) >= 11 is 0. The minimum absolute atomic E-state index is 0.143. The molecule has 2 bridgehead atoms. The van der Waals surface area contributed by atoms with Crippen molar-refractivity contribution in [2.45, 2.75) is 20.3 Å². The Bertz CT molecular complexity index is 539. The first-order chi connectivity index (χ1) is 8.59. The van der Waals surface area contributed by atoms with Gasteiger partial charge in [-0.1, -0.05) is 26.0 Å². The van der Waals surface area contributed by atoms with E-state index in [0.717, 1.165) is 12.0 Å². The highest BCUT2D eigenvalue weighted by Gasteiger charge is 2.54. The Morgan fingerprint density at radius 1 is 1.22 bits per heavy atom. The molecule has 1 saturated carbocycles. The van der Waals surface area contributed by atoms with Crippen LogP contribution in [0.4, 0.5) is 0 Å². The lowest BCUT2D eigenvalue weighted by molar-refractivity contribution is -0.133. The van der Waals surface area contributed by atoms with Crippen molar-refractivity contribution in [2.24, 2.45) is 17.3 Å². The van der Waals surface area contributed by atoms with Gasteiger partial charge in [0.05, 0.1) is 0 Å². The van der Waals surface area contributed by atoms with Crippen molar-refractivity contribution in [3.05, 3.63) is 47.8 Å². The summed E-state index contributed by atoms with van der Waals surface area (Å²) in [6.07, 6.45) is 10.6. The maximum atomic E-state index is 11.9. The molecule has 92 valence electrons. The Morgan fingerprint density at radius 3 is 2.56 bits per heavy atom. The van der Waals surface area contributed by atoms with Gasteiger partial charge >= 0.3 is 0 Å². The monoisotopic (exact) mass is 239 g/mol. The molecule has 0 amide bonds. The van der Waals surface area contributed by atoms with Gasteiger partial charge in [0.25, 0.3) is 0 Å². The molecule has 4 rings (SSSR count). The first-order valence-electron chi connectivity index (χ1n) is 6.42. The molecule has 1 fully saturated rings. The number of pyridine rings is 1. The number of aromatic nitrogens is 1. The van der Waals surface area contributed by atoms with E-state index in [-0.39, 0.29) is 11.3 Å². The molecule has 2 atom stereocenters. The zero-order valence-electron chi connectivity index (χ0n) is 10.8. The van der Waals surface area contributed by atoms with Gasteiger partial charge in [-0.25, -0.2) is 0 Å². The fourth-order valence-corrected chi connectivity index (χ4v) is 3.17. The predicted octanol–water partition coefficient (Wildman–Crippen LogP) is 3.27. The zero-order valence-corrected chi connectivity index (χ0v) is 10.8. The molecule has 3 aliphatic rings. The fraction of sp³-hybridized carbons (Fsp3) is 0.375. The van der Waals surface area contributed by atoms with Gasteiger partial charge in [-0.15, -0.1) is 0 Å². The third-order valence-corrected chi connectivity index (χ3v) is 4.50. The van der Waals surface area contributed by atoms with Crippen molar-refractivity contribution in [1.82, 2.24) is 4.98 Å². The Morgan fingerprint density at radius 2 is 1.94 bits per heavy atom. The minimum atomic E-state index is 0.143. The smallest absolute Gasteiger partial charge is 0.159 e. The normalized spacial score (nSPS) is 29.0. The number of hydrogen-bond acceptors (Lipinski definition) is 2. The molecule has 0 aromatic carbocycles. The number of nitrogens with zero attached hydrogens (tertiary/aromatic N) is 1. The summed E-state index contributed by atoms with van der Waals surface area (Å²) < 4.78 is 0. The van der Waals surface area contributed by atoms with Gasteiger partial charge < -0.3 is 0 Å². The number of hydrogen-bond donors (Lipinski definition) is 0. The second-order valence-corrected chi connectivity index (χ2v) is 5.82. The average molecular weight is 239 g/mol. The van der Waals surface area contributed by atoms with Crippen LogP contribution < -0.4 is 0 Å². The Kier molecular flexibility index (Phi) is 2.47. The number of ketones is 1. The number of carbonyl (C=O) groups is 1. The molecule has 0 saturated heterocycles. The summed E-state index contributed by atoms with van der Waals surface area (Å²) in [4.78, 5) is 15.9. The van der Waals surface area contributed by atoms with Crippen molar-refractivity contribution in [3.8, 4) is 0 Å². The summed E-state index contributed by atoms with van der Waals surface area (Å²) in [5, 5.41) is 0. The lowest BCUT2D eigenvalue weighted by Gasteiger charge is -2.54. The van der Waals surface area contributed by atoms with Gasteiger partial charge in [0.15, 0.2) is 5.78 Å². The summed E-state index contributed by atoms with van der Waals surface area (Å²) in [5.41, 5.74) is 2.45. The van der Waals surface area contributed by atoms with E-state index in [9.17, 15) is 4.79 Å². The molecule has 18 heavy (non-hydrogen) atoms. The highest BCUT2D eigenvalue weighted by molar-refractivity contribution is 5.96. The van der Waals surface area contributed by atoms with Crippen molar-refractivity contribution < 1.29 is 4.79 Å². The molecule has 1 heterocycles. The third kappa shape index (κ3) is 1.64. The van der Waals surface area contributed by atoms with E-state index >= 15 is 0 Å². The van der Waals surface area contributed by atoms with Crippen molar-refractivity contribution in [1.29, 1.82) is 0 Å². The van der Waals surface area contributed by atoms with Crippen LogP contribution in [0.2, 0.25) is 0 Å². The van der Waals surface area contributed by atoms with Gasteiger partial charge in [-0.05, 0) is 47.1 Å². The molecule has 0 spiro atoms. The first-order valence-corrected chi connectivity index (χ1v) is 6.42. The Hall–Kier alpha value is -1.70. The van der Waals surface area contributed by atoms with Crippen LogP contribution >= 0.6 is 0 Å². The molecule has 1 aromatic rings. The molecule has 0 N–H and O–H groups in total. The van der Waals surface area contributed by atoms with Crippen LogP contribution in [0.3, 0.4) is 0 Å². The van der Waals surface area contributed by atoms with Crippen LogP contribution in [0.5, 0.6) is 0 Å². The van der Waals surface area contributed by atoms with Gasteiger partial charge in [-0.2, -0.15) is 0 Å². The van der Waals surface area contributed by atoms with Gasteiger partial charge in [0, 0.05) is 18.3 Å². The lowest BCUT2D eigenvalue weighted by Crippen LogP contribution is -2.52. The Labute approximate surface area is 107 Å². The highest BCUT2D eigenvalue weighted by Crippen LogP contribution is 2.58. The van der Waals surface area contributed by atoms with Gasteiger partial charge in [0.2, 0.25) is 0 Å². The molecule has 0 aliphatic heterocycles. The number of allylic oxidation sites excluding steroid dienone is 3. The molecule has 3 aliphatic carbocycles. The van der Waals surface area contributed by atoms with Crippen LogP contribution in [0.1, 0.15) is 25.8 Å². The predicted molar refractivity (Wildman–Crippen MR) is 71.7 cm³/mol. The molecule has 0 unspecified atom stereocenters. The van der Waals surface area contributed by atoms with E-state index in [1.165, 1.54) is 5.57 Å². The second-order valence-electron chi connectivity index (χ2n) is 5.82. The van der Waals surface area contributed by atoms with E-state index in [0.29, 0.717) is 11.7 Å². The SMILES string of the molecule is CC1(C)[C@@H]2C[C@H]1C(=O)C=C2/C=C/c1ccncc1. The summed E-state index contributed by atoms with van der Waals surface area (Å²) in [5.74, 6) is 1.09. The maximum Gasteiger partial charge on any atom is 0.159 e. The van der Waals surface area contributed by atoms with Crippen molar-refractivity contribution in [2.75, 3.05) is 0 Å². The summed E-state index contributed by atoms with van der Waals surface area (Å²) in [6.45, 7) is 4.41. The average Bonchev–Trinajstić information content (AvgIpc) is 2.36. The number of rotatable bonds is 2. The molecule has 0 radical (unpaired) electrons. The largest absolute Gasteiger partial charge is 0.295 e. The van der Waals surface area contributed by atoms with E-state index < -0.39 is 0 Å². The highest BCUT2D eigenvalue weighted by atomic mass is 16.1. The van der Waals surface area contributed by atoms with Crippen LogP contribution in [0, 0.1) is 17.3 Å². The first kappa shape index (κ1) is 11.4. The summed E-state index contributed by atoms with van der Waals surface area (Å²) in [7, 11) is 0. The van der Waals surface area contributed by atoms with Crippen molar-refractivity contribution in [3.63, 3.8) is 0 Å². The van der Waals surface area contributed by atoms with Crippen LogP contribution in [-0.2, 0) is 4.79 Å². The van der Waals surface area contributed by atoms with Crippen molar-refractivity contribution >= 4 is 11.9 Å². The van der Waals surface area contributed by atoms with Crippen LogP contribution in [0.15, 0.2) is 42.3 Å². The van der Waals surface area contributed by atoms with E-state index in [2.05, 4.69) is 31.0 Å². The van der Waals surface area contributed by atoms with Gasteiger partial charge in [-0.3, -0.25) is 9.78 Å². The zero-order chi connectivity index (χ0) is 12.8. The van der Waals surface area contributed by atoms with E-state index in [1.807, 2.05) is 18.2 Å². The van der Waals surface area contributed by atoms with Gasteiger partial charge in [0.1, 0.15) is 0 Å².